The summed E-state index contributed by atoms with van der Waals surface area (Å²) in [5.74, 6) is 0.412. The quantitative estimate of drug-likeness (QED) is 0.505. The summed E-state index contributed by atoms with van der Waals surface area (Å²) in [7, 11) is 1.44. The lowest BCUT2D eigenvalue weighted by Crippen LogP contribution is -2.10. The molecule has 2 aromatic rings. The first-order valence-corrected chi connectivity index (χ1v) is 5.95. The first-order chi connectivity index (χ1) is 9.51. The van der Waals surface area contributed by atoms with Crippen LogP contribution in [0.1, 0.15) is 5.56 Å². The third kappa shape index (κ3) is 2.86. The maximum Gasteiger partial charge on any atom is 0.279 e. The Balaban J connectivity index is 2.40. The summed E-state index contributed by atoms with van der Waals surface area (Å²) >= 11 is 4.78. The summed E-state index contributed by atoms with van der Waals surface area (Å²) in [6.07, 6.45) is 1.43. The number of nitrogens with one attached hydrogen (secondary N) is 2. The van der Waals surface area contributed by atoms with E-state index in [1.807, 2.05) is 0 Å². The van der Waals surface area contributed by atoms with E-state index in [1.54, 1.807) is 12.1 Å². The molecule has 5 N–H and O–H groups in total. The third-order valence-corrected chi connectivity index (χ3v) is 2.70. The molecule has 1 aromatic carbocycles. The number of nitrogens with zero attached hydrogens (tertiary/aromatic N) is 1. The van der Waals surface area contributed by atoms with E-state index in [9.17, 15) is 9.90 Å². The summed E-state index contributed by atoms with van der Waals surface area (Å²) < 4.78 is 5.11. The number of aromatic amines is 2. The monoisotopic (exact) mass is 292 g/mol. The van der Waals surface area contributed by atoms with Gasteiger partial charge < -0.3 is 20.6 Å². The first-order valence-electron chi connectivity index (χ1n) is 5.54. The van der Waals surface area contributed by atoms with Gasteiger partial charge in [0.2, 0.25) is 0 Å². The molecule has 2 rings (SSSR count). The molecule has 104 valence electrons. The molecule has 0 atom stereocenters. The molecule has 0 saturated heterocycles. The molecule has 1 aromatic heterocycles. The van der Waals surface area contributed by atoms with Crippen molar-refractivity contribution in [3.8, 4) is 11.5 Å². The first kappa shape index (κ1) is 13.8. The van der Waals surface area contributed by atoms with Crippen molar-refractivity contribution < 1.29 is 9.84 Å². The van der Waals surface area contributed by atoms with E-state index in [0.29, 0.717) is 11.3 Å². The van der Waals surface area contributed by atoms with Gasteiger partial charge in [-0.25, -0.2) is 4.99 Å². The van der Waals surface area contributed by atoms with Crippen LogP contribution >= 0.6 is 12.2 Å². The van der Waals surface area contributed by atoms with Gasteiger partial charge >= 0.3 is 0 Å². The molecule has 0 aliphatic heterocycles. The molecule has 0 amide bonds. The smallest absolute Gasteiger partial charge is 0.279 e. The second kappa shape index (κ2) is 5.57. The van der Waals surface area contributed by atoms with Crippen molar-refractivity contribution in [3.05, 3.63) is 38.9 Å². The Kier molecular flexibility index (Phi) is 3.85. The Labute approximate surface area is 118 Å². The number of rotatable bonds is 3. The highest BCUT2D eigenvalue weighted by molar-refractivity contribution is 7.71. The lowest BCUT2D eigenvalue weighted by Gasteiger charge is -2.03. The number of aromatic nitrogens is 2. The number of hydrogen-bond donors (Lipinski definition) is 4. The Bertz CT molecular complexity index is 779. The lowest BCUT2D eigenvalue weighted by molar-refractivity contribution is 0.373. The average Bonchev–Trinajstić information content (AvgIpc) is 2.39. The number of nitrogen functional groups attached to an aromatic ring is 1. The van der Waals surface area contributed by atoms with Crippen LogP contribution < -0.4 is 16.0 Å². The minimum atomic E-state index is -0.478. The van der Waals surface area contributed by atoms with Crippen molar-refractivity contribution in [2.75, 3.05) is 12.8 Å². The summed E-state index contributed by atoms with van der Waals surface area (Å²) in [4.78, 5) is 20.7. The van der Waals surface area contributed by atoms with Gasteiger partial charge in [-0.05, 0) is 36.0 Å². The van der Waals surface area contributed by atoms with Crippen LogP contribution in [0, 0.1) is 4.77 Å². The fourth-order valence-electron chi connectivity index (χ4n) is 1.54. The number of nitrogens with two attached hydrogens (primary N) is 1. The van der Waals surface area contributed by atoms with Gasteiger partial charge in [-0.1, -0.05) is 0 Å². The van der Waals surface area contributed by atoms with Gasteiger partial charge in [0.1, 0.15) is 5.82 Å². The summed E-state index contributed by atoms with van der Waals surface area (Å²) in [5, 5.41) is 9.48. The number of methoxy groups -OCH3 is 1. The number of aliphatic imine (C=N–C) groups is 1. The summed E-state index contributed by atoms with van der Waals surface area (Å²) in [6.45, 7) is 0. The molecular formula is C12H12N4O3S. The minimum absolute atomic E-state index is 0.0193. The fourth-order valence-corrected chi connectivity index (χ4v) is 1.74. The molecule has 0 bridgehead atoms. The van der Waals surface area contributed by atoms with Crippen LogP contribution in [0.3, 0.4) is 0 Å². The Hall–Kier alpha value is -2.61. The molecule has 0 radical (unpaired) electrons. The SMILES string of the molecule is COc1cc(C=Nc2c(N)[nH]c(=S)[nH]c2=O)ccc1O. The van der Waals surface area contributed by atoms with Crippen molar-refractivity contribution in [2.24, 2.45) is 4.99 Å². The zero-order valence-corrected chi connectivity index (χ0v) is 11.3. The number of aromatic hydroxyl groups is 1. The van der Waals surface area contributed by atoms with Crippen LogP contribution in [0.5, 0.6) is 11.5 Å². The van der Waals surface area contributed by atoms with Gasteiger partial charge in [0.25, 0.3) is 5.56 Å². The van der Waals surface area contributed by atoms with E-state index in [4.69, 9.17) is 22.7 Å². The standard InChI is InChI=1S/C12H12N4O3S/c1-19-8-4-6(2-3-7(8)17)5-14-9-10(13)15-12(20)16-11(9)18/h2-5,17H,1H3,(H4,13,15,16,18,20). The normalized spacial score (nSPS) is 10.8. The molecule has 0 aliphatic carbocycles. The van der Waals surface area contributed by atoms with E-state index in [0.717, 1.165) is 0 Å². The molecule has 0 unspecified atom stereocenters. The van der Waals surface area contributed by atoms with Gasteiger partial charge in [0, 0.05) is 6.21 Å². The molecule has 0 saturated carbocycles. The van der Waals surface area contributed by atoms with Crippen molar-refractivity contribution in [3.63, 3.8) is 0 Å². The van der Waals surface area contributed by atoms with Crippen LogP contribution in [-0.2, 0) is 0 Å². The predicted octanol–water partition coefficient (Wildman–Crippen LogP) is 1.48. The maximum atomic E-state index is 11.7. The summed E-state index contributed by atoms with van der Waals surface area (Å²) in [6, 6.07) is 4.66. The summed E-state index contributed by atoms with van der Waals surface area (Å²) in [5.41, 5.74) is 5.84. The van der Waals surface area contributed by atoms with Crippen LogP contribution in [-0.4, -0.2) is 28.4 Å². The van der Waals surface area contributed by atoms with Gasteiger partial charge in [0.15, 0.2) is 22.0 Å². The van der Waals surface area contributed by atoms with E-state index < -0.39 is 5.56 Å². The van der Waals surface area contributed by atoms with Gasteiger partial charge in [-0.2, -0.15) is 0 Å². The number of benzene rings is 1. The predicted molar refractivity (Wildman–Crippen MR) is 78.6 cm³/mol. The number of hydrogen-bond acceptors (Lipinski definition) is 6. The highest BCUT2D eigenvalue weighted by atomic mass is 32.1. The molecule has 1 heterocycles. The lowest BCUT2D eigenvalue weighted by atomic mass is 10.2. The number of ether oxygens (including phenoxy) is 1. The third-order valence-electron chi connectivity index (χ3n) is 2.49. The fraction of sp³-hybridized carbons (Fsp3) is 0.0833. The van der Waals surface area contributed by atoms with Crippen LogP contribution in [0.4, 0.5) is 11.5 Å². The van der Waals surface area contributed by atoms with Crippen LogP contribution in [0.25, 0.3) is 0 Å². The Morgan fingerprint density at radius 2 is 2.20 bits per heavy atom. The number of H-pyrrole nitrogens is 2. The van der Waals surface area contributed by atoms with Crippen molar-refractivity contribution in [1.29, 1.82) is 0 Å². The molecular weight excluding hydrogens is 280 g/mol. The highest BCUT2D eigenvalue weighted by Gasteiger charge is 2.04. The maximum absolute atomic E-state index is 11.7. The van der Waals surface area contributed by atoms with Crippen LogP contribution in [0.15, 0.2) is 28.0 Å². The van der Waals surface area contributed by atoms with Crippen molar-refractivity contribution in [1.82, 2.24) is 9.97 Å². The Morgan fingerprint density at radius 1 is 1.45 bits per heavy atom. The van der Waals surface area contributed by atoms with Crippen molar-refractivity contribution in [2.45, 2.75) is 0 Å². The van der Waals surface area contributed by atoms with E-state index in [1.165, 1.54) is 19.4 Å². The number of anilines is 1. The molecule has 0 fully saturated rings. The molecule has 20 heavy (non-hydrogen) atoms. The van der Waals surface area contributed by atoms with Gasteiger partial charge in [-0.15, -0.1) is 0 Å². The van der Waals surface area contributed by atoms with E-state index in [2.05, 4.69) is 15.0 Å². The van der Waals surface area contributed by atoms with E-state index in [-0.39, 0.29) is 22.0 Å². The minimum Gasteiger partial charge on any atom is -0.504 e. The zero-order chi connectivity index (χ0) is 14.7. The second-order valence-corrected chi connectivity index (χ2v) is 4.27. The molecule has 8 heteroatoms. The topological polar surface area (TPSA) is 116 Å². The average molecular weight is 292 g/mol. The van der Waals surface area contributed by atoms with E-state index >= 15 is 0 Å². The van der Waals surface area contributed by atoms with Crippen LogP contribution in [0.2, 0.25) is 0 Å². The number of phenols is 1. The van der Waals surface area contributed by atoms with Crippen molar-refractivity contribution >= 4 is 29.9 Å². The number of phenolic OH excluding ortho intramolecular Hbond substituents is 1. The largest absolute Gasteiger partial charge is 0.504 e. The Morgan fingerprint density at radius 3 is 2.85 bits per heavy atom. The highest BCUT2D eigenvalue weighted by Crippen LogP contribution is 2.25. The van der Waals surface area contributed by atoms with Gasteiger partial charge in [0.05, 0.1) is 7.11 Å². The second-order valence-electron chi connectivity index (χ2n) is 3.86. The molecule has 7 nitrogen and oxygen atoms in total. The molecule has 0 aliphatic rings. The zero-order valence-electron chi connectivity index (χ0n) is 10.5. The molecule has 0 spiro atoms. The van der Waals surface area contributed by atoms with Gasteiger partial charge in [-0.3, -0.25) is 9.78 Å².